The van der Waals surface area contributed by atoms with Gasteiger partial charge in [-0.25, -0.2) is 4.79 Å². The molecule has 18 heavy (non-hydrogen) atoms. The van der Waals surface area contributed by atoms with Crippen LogP contribution in [0.2, 0.25) is 0 Å². The fraction of sp³-hybridized carbons (Fsp3) is 0.200. The van der Waals surface area contributed by atoms with Crippen molar-refractivity contribution in [2.24, 2.45) is 0 Å². The van der Waals surface area contributed by atoms with E-state index in [1.807, 2.05) is 0 Å². The molecule has 3 amide bonds. The van der Waals surface area contributed by atoms with Crippen LogP contribution in [0.15, 0.2) is 24.3 Å². The second-order valence-electron chi connectivity index (χ2n) is 3.78. The fourth-order valence-electron chi connectivity index (χ4n) is 1.75. The van der Waals surface area contributed by atoms with Gasteiger partial charge in [0.2, 0.25) is 5.54 Å². The first-order valence-electron chi connectivity index (χ1n) is 4.84. The first-order chi connectivity index (χ1) is 8.27. The zero-order valence-corrected chi connectivity index (χ0v) is 8.84. The number of urea groups is 1. The van der Waals surface area contributed by atoms with E-state index in [1.54, 1.807) is 10.6 Å². The van der Waals surface area contributed by atoms with E-state index in [4.69, 9.17) is 5.73 Å². The van der Waals surface area contributed by atoms with Crippen molar-refractivity contribution >= 4 is 17.6 Å². The Labute approximate surface area is 99.1 Å². The Hall–Kier alpha value is -2.25. The summed E-state index contributed by atoms with van der Waals surface area (Å²) in [4.78, 5) is 22.5. The number of amides is 3. The van der Waals surface area contributed by atoms with Crippen LogP contribution in [0.25, 0.3) is 0 Å². The molecule has 1 aliphatic heterocycles. The molecule has 4 N–H and O–H groups in total. The third-order valence-corrected chi connectivity index (χ3v) is 2.64. The highest BCUT2D eigenvalue weighted by atomic mass is 19.4. The van der Waals surface area contributed by atoms with Crippen molar-refractivity contribution in [3.05, 3.63) is 29.8 Å². The summed E-state index contributed by atoms with van der Waals surface area (Å²) in [6.45, 7) is 0. The molecule has 0 bridgehead atoms. The van der Waals surface area contributed by atoms with E-state index in [2.05, 4.69) is 0 Å². The summed E-state index contributed by atoms with van der Waals surface area (Å²) in [6.07, 6.45) is -4.96. The number of halogens is 3. The number of imide groups is 1. The molecule has 1 aromatic carbocycles. The van der Waals surface area contributed by atoms with Crippen LogP contribution in [0.3, 0.4) is 0 Å². The number of rotatable bonds is 1. The molecular formula is C10H8F3N3O2. The monoisotopic (exact) mass is 259 g/mol. The first kappa shape index (κ1) is 12.2. The van der Waals surface area contributed by atoms with Gasteiger partial charge in [0.15, 0.2) is 0 Å². The van der Waals surface area contributed by atoms with E-state index >= 15 is 0 Å². The topological polar surface area (TPSA) is 84.2 Å². The third kappa shape index (κ3) is 1.57. The summed E-state index contributed by atoms with van der Waals surface area (Å²) < 4.78 is 39.4. The average molecular weight is 259 g/mol. The quantitative estimate of drug-likeness (QED) is 0.516. The smallest absolute Gasteiger partial charge is 0.399 e. The molecule has 1 fully saturated rings. The van der Waals surface area contributed by atoms with Crippen LogP contribution >= 0.6 is 0 Å². The molecule has 2 rings (SSSR count). The molecule has 1 saturated heterocycles. The number of benzene rings is 1. The van der Waals surface area contributed by atoms with Crippen LogP contribution in [0, 0.1) is 0 Å². The van der Waals surface area contributed by atoms with Crippen molar-refractivity contribution in [2.45, 2.75) is 11.7 Å². The van der Waals surface area contributed by atoms with Crippen LogP contribution < -0.4 is 16.4 Å². The Morgan fingerprint density at radius 3 is 2.06 bits per heavy atom. The lowest BCUT2D eigenvalue weighted by Crippen LogP contribution is -2.55. The summed E-state index contributed by atoms with van der Waals surface area (Å²) in [7, 11) is 0. The highest BCUT2D eigenvalue weighted by Crippen LogP contribution is 2.41. The van der Waals surface area contributed by atoms with Gasteiger partial charge in [-0.15, -0.1) is 0 Å². The molecule has 8 heteroatoms. The fourth-order valence-corrected chi connectivity index (χ4v) is 1.75. The summed E-state index contributed by atoms with van der Waals surface area (Å²) in [5.41, 5.74) is 2.17. The van der Waals surface area contributed by atoms with Crippen LogP contribution in [-0.4, -0.2) is 18.1 Å². The average Bonchev–Trinajstić information content (AvgIpc) is 2.55. The second kappa shape index (κ2) is 3.62. The lowest BCUT2D eigenvalue weighted by molar-refractivity contribution is -0.195. The van der Waals surface area contributed by atoms with Gasteiger partial charge in [-0.1, -0.05) is 12.1 Å². The predicted octanol–water partition coefficient (Wildman–Crippen LogP) is 0.866. The van der Waals surface area contributed by atoms with Crippen molar-refractivity contribution in [3.8, 4) is 0 Å². The molecule has 0 aliphatic carbocycles. The summed E-state index contributed by atoms with van der Waals surface area (Å²) in [6, 6.07) is 3.36. The van der Waals surface area contributed by atoms with Crippen LogP contribution in [-0.2, 0) is 10.3 Å². The number of nitrogen functional groups attached to an aromatic ring is 1. The van der Waals surface area contributed by atoms with E-state index in [1.165, 1.54) is 12.1 Å². The van der Waals surface area contributed by atoms with E-state index in [9.17, 15) is 22.8 Å². The lowest BCUT2D eigenvalue weighted by Gasteiger charge is -2.28. The van der Waals surface area contributed by atoms with Gasteiger partial charge < -0.3 is 11.1 Å². The Bertz CT molecular complexity index is 512. The van der Waals surface area contributed by atoms with Crippen LogP contribution in [0.1, 0.15) is 5.56 Å². The van der Waals surface area contributed by atoms with Gasteiger partial charge in [0, 0.05) is 5.69 Å². The maximum Gasteiger partial charge on any atom is 0.425 e. The number of hydrogen-bond donors (Lipinski definition) is 3. The largest absolute Gasteiger partial charge is 0.425 e. The number of nitrogens with one attached hydrogen (secondary N) is 2. The molecule has 0 radical (unpaired) electrons. The molecule has 0 aromatic heterocycles. The molecular weight excluding hydrogens is 251 g/mol. The van der Waals surface area contributed by atoms with Crippen molar-refractivity contribution in [3.63, 3.8) is 0 Å². The minimum atomic E-state index is -4.96. The standard InChI is InChI=1S/C10H8F3N3O2/c11-10(12,13)9(7(17)15-8(18)16-9)5-1-3-6(14)4-2-5/h1-4H,14H2,(H2,15,16,17,18). The predicted molar refractivity (Wildman–Crippen MR) is 55.3 cm³/mol. The van der Waals surface area contributed by atoms with Crippen molar-refractivity contribution in [2.75, 3.05) is 5.73 Å². The Kier molecular flexibility index (Phi) is 2.46. The van der Waals surface area contributed by atoms with Gasteiger partial charge in [-0.05, 0) is 17.7 Å². The van der Waals surface area contributed by atoms with E-state index in [0.717, 1.165) is 12.1 Å². The third-order valence-electron chi connectivity index (χ3n) is 2.64. The Balaban J connectivity index is 2.60. The zero-order chi connectivity index (χ0) is 13.6. The van der Waals surface area contributed by atoms with Crippen LogP contribution in [0.4, 0.5) is 23.7 Å². The maximum atomic E-state index is 13.1. The molecule has 1 heterocycles. The Morgan fingerprint density at radius 1 is 1.11 bits per heavy atom. The second-order valence-corrected chi connectivity index (χ2v) is 3.78. The number of anilines is 1. The molecule has 96 valence electrons. The number of carbonyl (C=O) groups is 2. The van der Waals surface area contributed by atoms with Gasteiger partial charge in [0.1, 0.15) is 0 Å². The highest BCUT2D eigenvalue weighted by Gasteiger charge is 2.66. The first-order valence-corrected chi connectivity index (χ1v) is 4.84. The summed E-state index contributed by atoms with van der Waals surface area (Å²) in [5, 5.41) is 3.21. The van der Waals surface area contributed by atoms with Crippen LogP contribution in [0.5, 0.6) is 0 Å². The van der Waals surface area contributed by atoms with Crippen molar-refractivity contribution in [1.82, 2.24) is 10.6 Å². The summed E-state index contributed by atoms with van der Waals surface area (Å²) >= 11 is 0. The number of carbonyl (C=O) groups excluding carboxylic acids is 2. The van der Waals surface area contributed by atoms with E-state index < -0.39 is 29.2 Å². The SMILES string of the molecule is Nc1ccc(C2(C(F)(F)F)NC(=O)NC2=O)cc1. The molecule has 1 aliphatic rings. The molecule has 0 spiro atoms. The van der Waals surface area contributed by atoms with Gasteiger partial charge in [0.05, 0.1) is 0 Å². The maximum absolute atomic E-state index is 13.1. The molecule has 5 nitrogen and oxygen atoms in total. The molecule has 1 atom stereocenters. The van der Waals surface area contributed by atoms with E-state index in [-0.39, 0.29) is 5.69 Å². The van der Waals surface area contributed by atoms with Crippen molar-refractivity contribution < 1.29 is 22.8 Å². The molecule has 1 aromatic rings. The zero-order valence-electron chi connectivity index (χ0n) is 8.84. The summed E-state index contributed by atoms with van der Waals surface area (Å²) in [5.74, 6) is -1.45. The van der Waals surface area contributed by atoms with Gasteiger partial charge in [-0.3, -0.25) is 10.1 Å². The van der Waals surface area contributed by atoms with Gasteiger partial charge in [-0.2, -0.15) is 13.2 Å². The lowest BCUT2D eigenvalue weighted by atomic mass is 9.89. The minimum absolute atomic E-state index is 0.251. The Morgan fingerprint density at radius 2 is 1.67 bits per heavy atom. The van der Waals surface area contributed by atoms with Gasteiger partial charge >= 0.3 is 12.2 Å². The number of hydrogen-bond acceptors (Lipinski definition) is 3. The normalized spacial score (nSPS) is 23.7. The number of nitrogens with two attached hydrogens (primary N) is 1. The number of alkyl halides is 3. The molecule has 0 saturated carbocycles. The minimum Gasteiger partial charge on any atom is -0.399 e. The van der Waals surface area contributed by atoms with Gasteiger partial charge in [0.25, 0.3) is 5.91 Å². The van der Waals surface area contributed by atoms with E-state index in [0.29, 0.717) is 0 Å². The van der Waals surface area contributed by atoms with Crippen molar-refractivity contribution in [1.29, 1.82) is 0 Å². The highest BCUT2D eigenvalue weighted by molar-refractivity contribution is 6.08. The molecule has 1 unspecified atom stereocenters.